The van der Waals surface area contributed by atoms with Gasteiger partial charge in [0.15, 0.2) is 11.5 Å². The maximum absolute atomic E-state index is 10.0. The minimum absolute atomic E-state index is 0.0303. The Kier molecular flexibility index (Phi) is 5.88. The number of rotatable bonds is 4. The van der Waals surface area contributed by atoms with Gasteiger partial charge in [0, 0.05) is 36.7 Å². The van der Waals surface area contributed by atoms with E-state index in [9.17, 15) is 5.11 Å². The van der Waals surface area contributed by atoms with Gasteiger partial charge in [0.1, 0.15) is 0 Å². The summed E-state index contributed by atoms with van der Waals surface area (Å²) < 4.78 is 6.54. The molecule has 1 atom stereocenters. The van der Waals surface area contributed by atoms with Crippen molar-refractivity contribution in [3.8, 4) is 17.6 Å². The van der Waals surface area contributed by atoms with E-state index in [2.05, 4.69) is 48.1 Å². The fourth-order valence-corrected chi connectivity index (χ4v) is 3.52. The smallest absolute Gasteiger partial charge is 0.173 e. The van der Waals surface area contributed by atoms with Crippen LogP contribution in [0.4, 0.5) is 0 Å². The molecule has 0 aromatic heterocycles. The molecule has 0 bridgehead atoms. The molecule has 1 aliphatic rings. The maximum atomic E-state index is 10.0. The Morgan fingerprint density at radius 3 is 2.67 bits per heavy atom. The van der Waals surface area contributed by atoms with Gasteiger partial charge in [-0.2, -0.15) is 5.26 Å². The third-order valence-electron chi connectivity index (χ3n) is 3.63. The van der Waals surface area contributed by atoms with Crippen LogP contribution < -0.4 is 10.1 Å². The van der Waals surface area contributed by atoms with Crippen molar-refractivity contribution in [3.63, 3.8) is 0 Å². The van der Waals surface area contributed by atoms with E-state index in [1.807, 2.05) is 0 Å². The molecule has 2 rings (SSSR count). The Morgan fingerprint density at radius 1 is 1.43 bits per heavy atom. The molecule has 0 radical (unpaired) electrons. The van der Waals surface area contributed by atoms with Crippen LogP contribution in [0.1, 0.15) is 18.0 Å². The number of piperazine rings is 1. The highest BCUT2D eigenvalue weighted by molar-refractivity contribution is 9.13. The SMILES string of the molecule is COc1cc([C@@H](CC#N)N2CCNCC2)c(Br)c(Br)c1O. The second kappa shape index (κ2) is 7.45. The van der Waals surface area contributed by atoms with Crippen LogP contribution in [0.15, 0.2) is 15.0 Å². The maximum Gasteiger partial charge on any atom is 0.173 e. The number of benzene rings is 1. The van der Waals surface area contributed by atoms with Gasteiger partial charge >= 0.3 is 0 Å². The average molecular weight is 419 g/mol. The number of nitriles is 1. The quantitative estimate of drug-likeness (QED) is 0.786. The molecule has 1 saturated heterocycles. The van der Waals surface area contributed by atoms with Crippen molar-refractivity contribution in [2.75, 3.05) is 33.3 Å². The summed E-state index contributed by atoms with van der Waals surface area (Å²) >= 11 is 6.89. The van der Waals surface area contributed by atoms with Gasteiger partial charge in [-0.3, -0.25) is 4.90 Å². The predicted octanol–water partition coefficient (Wildman–Crippen LogP) is 2.79. The molecule has 114 valence electrons. The fourth-order valence-electron chi connectivity index (χ4n) is 2.53. The van der Waals surface area contributed by atoms with Gasteiger partial charge in [0.2, 0.25) is 0 Å². The largest absolute Gasteiger partial charge is 0.503 e. The monoisotopic (exact) mass is 417 g/mol. The van der Waals surface area contributed by atoms with Gasteiger partial charge in [0.25, 0.3) is 0 Å². The summed E-state index contributed by atoms with van der Waals surface area (Å²) in [4.78, 5) is 2.28. The molecule has 0 aliphatic carbocycles. The number of hydrogen-bond donors (Lipinski definition) is 2. The summed E-state index contributed by atoms with van der Waals surface area (Å²) in [6.45, 7) is 3.60. The first-order valence-corrected chi connectivity index (χ1v) is 8.25. The average Bonchev–Trinajstić information content (AvgIpc) is 2.52. The van der Waals surface area contributed by atoms with Gasteiger partial charge in [0.05, 0.1) is 24.1 Å². The zero-order valence-corrected chi connectivity index (χ0v) is 14.9. The Morgan fingerprint density at radius 2 is 2.10 bits per heavy atom. The molecular formula is C14H17Br2N3O2. The lowest BCUT2D eigenvalue weighted by molar-refractivity contribution is 0.174. The highest BCUT2D eigenvalue weighted by Gasteiger charge is 2.27. The first-order chi connectivity index (χ1) is 10.1. The van der Waals surface area contributed by atoms with Crippen molar-refractivity contribution in [1.82, 2.24) is 10.2 Å². The lowest BCUT2D eigenvalue weighted by atomic mass is 10.0. The predicted molar refractivity (Wildman–Crippen MR) is 87.5 cm³/mol. The second-order valence-electron chi connectivity index (χ2n) is 4.81. The molecule has 1 aromatic rings. The molecule has 0 spiro atoms. The zero-order chi connectivity index (χ0) is 15.4. The van der Waals surface area contributed by atoms with E-state index < -0.39 is 0 Å². The Bertz CT molecular complexity index is 554. The lowest BCUT2D eigenvalue weighted by Crippen LogP contribution is -2.45. The Hall–Kier alpha value is -0.810. The van der Waals surface area contributed by atoms with Gasteiger partial charge < -0.3 is 15.2 Å². The van der Waals surface area contributed by atoms with E-state index >= 15 is 0 Å². The Balaban J connectivity index is 2.44. The van der Waals surface area contributed by atoms with Crippen molar-refractivity contribution in [1.29, 1.82) is 5.26 Å². The number of phenols is 1. The van der Waals surface area contributed by atoms with E-state index in [4.69, 9.17) is 10.00 Å². The molecule has 0 unspecified atom stereocenters. The molecule has 2 N–H and O–H groups in total. The minimum atomic E-state index is -0.0303. The number of aromatic hydroxyl groups is 1. The van der Waals surface area contributed by atoms with Crippen molar-refractivity contribution >= 4 is 31.9 Å². The lowest BCUT2D eigenvalue weighted by Gasteiger charge is -2.34. The van der Waals surface area contributed by atoms with Crippen molar-refractivity contribution < 1.29 is 9.84 Å². The van der Waals surface area contributed by atoms with Crippen molar-refractivity contribution in [2.24, 2.45) is 0 Å². The molecule has 0 amide bonds. The summed E-state index contributed by atoms with van der Waals surface area (Å²) in [6, 6.07) is 4.03. The van der Waals surface area contributed by atoms with Crippen molar-refractivity contribution in [3.05, 3.63) is 20.6 Å². The Labute approximate surface area is 141 Å². The number of phenolic OH excluding ortho intramolecular Hbond substituents is 1. The van der Waals surface area contributed by atoms with E-state index in [1.54, 1.807) is 6.07 Å². The third kappa shape index (κ3) is 3.51. The summed E-state index contributed by atoms with van der Waals surface area (Å²) in [5.41, 5.74) is 0.944. The number of ether oxygens (including phenoxy) is 1. The van der Waals surface area contributed by atoms with Gasteiger partial charge in [-0.15, -0.1) is 0 Å². The van der Waals surface area contributed by atoms with Gasteiger partial charge in [-0.1, -0.05) is 0 Å². The fraction of sp³-hybridized carbons (Fsp3) is 0.500. The molecular weight excluding hydrogens is 402 g/mol. The normalized spacial score (nSPS) is 17.2. The molecule has 1 heterocycles. The summed E-state index contributed by atoms with van der Waals surface area (Å²) in [5, 5.41) is 22.5. The molecule has 1 fully saturated rings. The zero-order valence-electron chi connectivity index (χ0n) is 11.7. The summed E-state index contributed by atoms with van der Waals surface area (Å²) in [5.74, 6) is 0.460. The number of methoxy groups -OCH3 is 1. The molecule has 1 aliphatic heterocycles. The van der Waals surface area contributed by atoms with E-state index in [0.717, 1.165) is 36.2 Å². The minimum Gasteiger partial charge on any atom is -0.503 e. The van der Waals surface area contributed by atoms with Gasteiger partial charge in [-0.25, -0.2) is 0 Å². The van der Waals surface area contributed by atoms with Crippen LogP contribution in [-0.2, 0) is 0 Å². The van der Waals surface area contributed by atoms with Crippen LogP contribution >= 0.6 is 31.9 Å². The highest BCUT2D eigenvalue weighted by Crippen LogP contribution is 2.45. The summed E-state index contributed by atoms with van der Waals surface area (Å²) in [7, 11) is 1.52. The molecule has 5 nitrogen and oxygen atoms in total. The van der Waals surface area contributed by atoms with E-state index in [-0.39, 0.29) is 11.8 Å². The number of halogens is 2. The molecule has 7 heteroatoms. The van der Waals surface area contributed by atoms with Crippen LogP contribution in [0.5, 0.6) is 11.5 Å². The second-order valence-corrected chi connectivity index (χ2v) is 6.39. The topological polar surface area (TPSA) is 68.5 Å². The molecule has 1 aromatic carbocycles. The molecule has 21 heavy (non-hydrogen) atoms. The van der Waals surface area contributed by atoms with Crippen LogP contribution in [-0.4, -0.2) is 43.3 Å². The number of hydrogen-bond acceptors (Lipinski definition) is 5. The summed E-state index contributed by atoms with van der Waals surface area (Å²) in [6.07, 6.45) is 0.388. The highest BCUT2D eigenvalue weighted by atomic mass is 79.9. The van der Waals surface area contributed by atoms with Crippen molar-refractivity contribution in [2.45, 2.75) is 12.5 Å². The van der Waals surface area contributed by atoms with Crippen LogP contribution in [0, 0.1) is 11.3 Å². The van der Waals surface area contributed by atoms with Gasteiger partial charge in [-0.05, 0) is 43.5 Å². The van der Waals surface area contributed by atoms with Crippen LogP contribution in [0.2, 0.25) is 0 Å². The number of nitrogens with zero attached hydrogens (tertiary/aromatic N) is 2. The third-order valence-corrected chi connectivity index (χ3v) is 5.79. The van der Waals surface area contributed by atoms with E-state index in [1.165, 1.54) is 7.11 Å². The van der Waals surface area contributed by atoms with E-state index in [0.29, 0.717) is 16.6 Å². The standard InChI is InChI=1S/C14H17Br2N3O2/c1-21-11-8-9(12(15)13(16)14(11)20)10(2-3-17)19-6-4-18-5-7-19/h8,10,18,20H,2,4-7H2,1H3/t10-/m1/s1. The van der Waals surface area contributed by atoms with Crippen LogP contribution in [0.25, 0.3) is 0 Å². The molecule has 0 saturated carbocycles. The first-order valence-electron chi connectivity index (χ1n) is 6.66. The van der Waals surface area contributed by atoms with Crippen LogP contribution in [0.3, 0.4) is 0 Å². The first kappa shape index (κ1) is 16.6. The number of nitrogens with one attached hydrogen (secondary N) is 1.